The van der Waals surface area contributed by atoms with Crippen molar-refractivity contribution in [1.82, 2.24) is 4.31 Å². The first-order valence-electron chi connectivity index (χ1n) is 11.1. The lowest BCUT2D eigenvalue weighted by Crippen LogP contribution is -2.43. The van der Waals surface area contributed by atoms with Crippen molar-refractivity contribution in [3.05, 3.63) is 47.5 Å². The van der Waals surface area contributed by atoms with Gasteiger partial charge in [-0.1, -0.05) is 26.0 Å². The van der Waals surface area contributed by atoms with Crippen LogP contribution in [0.1, 0.15) is 50.7 Å². The highest BCUT2D eigenvalue weighted by molar-refractivity contribution is 7.89. The molecule has 0 aromatic heterocycles. The fourth-order valence-electron chi connectivity index (χ4n) is 4.21. The van der Waals surface area contributed by atoms with Crippen molar-refractivity contribution in [1.29, 1.82) is 0 Å². The molecular weight excluding hydrogens is 442 g/mol. The first-order chi connectivity index (χ1) is 15.6. The van der Waals surface area contributed by atoms with E-state index in [0.717, 1.165) is 5.56 Å². The van der Waals surface area contributed by atoms with Crippen LogP contribution in [0.25, 0.3) is 0 Å². The molecule has 0 saturated carbocycles. The minimum Gasteiger partial charge on any atom is -0.479 e. The number of sulfonamides is 1. The molecule has 2 N–H and O–H groups in total. The van der Waals surface area contributed by atoms with Gasteiger partial charge < -0.3 is 15.4 Å². The quantitative estimate of drug-likeness (QED) is 0.693. The maximum Gasteiger partial charge on any atom is 0.265 e. The van der Waals surface area contributed by atoms with Crippen molar-refractivity contribution in [3.63, 3.8) is 0 Å². The molecule has 2 aliphatic heterocycles. The van der Waals surface area contributed by atoms with Gasteiger partial charge in [-0.05, 0) is 61.9 Å². The van der Waals surface area contributed by atoms with E-state index in [1.807, 2.05) is 24.3 Å². The maximum atomic E-state index is 13.6. The second kappa shape index (κ2) is 8.79. The average Bonchev–Trinajstić information content (AvgIpc) is 3.26. The Labute approximate surface area is 194 Å². The van der Waals surface area contributed by atoms with Crippen molar-refractivity contribution >= 4 is 33.2 Å². The number of carbonyl (C=O) groups is 2. The van der Waals surface area contributed by atoms with Crippen LogP contribution in [0.4, 0.5) is 11.4 Å². The van der Waals surface area contributed by atoms with Crippen molar-refractivity contribution in [2.45, 2.75) is 63.5 Å². The summed E-state index contributed by atoms with van der Waals surface area (Å²) in [5, 5.41) is 5.59. The average molecular weight is 472 g/mol. The summed E-state index contributed by atoms with van der Waals surface area (Å²) >= 11 is 0. The van der Waals surface area contributed by atoms with Crippen LogP contribution in [0.15, 0.2) is 41.3 Å². The molecule has 2 aliphatic rings. The number of amides is 2. The molecular formula is C24H29N3O5S. The van der Waals surface area contributed by atoms with E-state index in [1.165, 1.54) is 10.4 Å². The number of anilines is 2. The molecule has 1 saturated heterocycles. The van der Waals surface area contributed by atoms with Gasteiger partial charge in [0.15, 0.2) is 6.10 Å². The van der Waals surface area contributed by atoms with Gasteiger partial charge in [-0.15, -0.1) is 0 Å². The van der Waals surface area contributed by atoms with Gasteiger partial charge in [0.05, 0.1) is 10.6 Å². The van der Waals surface area contributed by atoms with Crippen LogP contribution in [-0.4, -0.2) is 43.2 Å². The van der Waals surface area contributed by atoms with E-state index < -0.39 is 22.2 Å². The number of fused-ring (bicyclic) bond motifs is 1. The fourth-order valence-corrected chi connectivity index (χ4v) is 6.09. The fraction of sp³-hybridized carbons (Fsp3) is 0.417. The van der Waals surface area contributed by atoms with Crippen LogP contribution in [0.2, 0.25) is 0 Å². The minimum absolute atomic E-state index is 0.0746. The molecule has 0 radical (unpaired) electrons. The molecule has 2 aromatic carbocycles. The number of aryl methyl sites for hydroxylation is 1. The third-order valence-corrected chi connectivity index (χ3v) is 8.20. The van der Waals surface area contributed by atoms with Crippen LogP contribution < -0.4 is 15.4 Å². The molecule has 2 amide bonds. The van der Waals surface area contributed by atoms with Crippen molar-refractivity contribution in [2.75, 3.05) is 17.2 Å². The van der Waals surface area contributed by atoms with E-state index in [2.05, 4.69) is 24.5 Å². The van der Waals surface area contributed by atoms with Gasteiger partial charge in [0.1, 0.15) is 11.8 Å². The Kier molecular flexibility index (Phi) is 6.20. The van der Waals surface area contributed by atoms with Crippen molar-refractivity contribution in [3.8, 4) is 5.75 Å². The van der Waals surface area contributed by atoms with Gasteiger partial charge in [-0.2, -0.15) is 4.31 Å². The molecule has 2 heterocycles. The first-order valence-corrected chi connectivity index (χ1v) is 12.6. The summed E-state index contributed by atoms with van der Waals surface area (Å²) in [5.74, 6) is 0.0541. The summed E-state index contributed by atoms with van der Waals surface area (Å²) in [6, 6.07) is 9.82. The van der Waals surface area contributed by atoms with Gasteiger partial charge in [-0.25, -0.2) is 8.42 Å². The Morgan fingerprint density at radius 3 is 2.58 bits per heavy atom. The molecule has 4 rings (SSSR count). The summed E-state index contributed by atoms with van der Waals surface area (Å²) in [6.07, 6.45) is 0.322. The lowest BCUT2D eigenvalue weighted by Gasteiger charge is -2.27. The Balaban J connectivity index is 1.58. The Hall–Kier alpha value is -2.91. The second-order valence-corrected chi connectivity index (χ2v) is 10.8. The Morgan fingerprint density at radius 1 is 1.21 bits per heavy atom. The first kappa shape index (κ1) is 23.3. The van der Waals surface area contributed by atoms with E-state index in [-0.39, 0.29) is 23.3 Å². The standard InChI is InChI=1S/C24H29N3O5S/c1-14(2)17-7-9-18(10-8-17)25-24(29)20-6-5-11-27(20)33(30,31)22-13-21-19(12-15(22)3)26-23(28)16(4)32-21/h7-10,12-14,16,20H,5-6,11H2,1-4H3,(H,25,29)(H,26,28)/t16-,20+/m0/s1. The number of nitrogens with one attached hydrogen (secondary N) is 2. The van der Waals surface area contributed by atoms with Gasteiger partial charge >= 0.3 is 0 Å². The number of hydrogen-bond donors (Lipinski definition) is 2. The summed E-state index contributed by atoms with van der Waals surface area (Å²) in [5.41, 5.74) is 2.71. The molecule has 2 aromatic rings. The second-order valence-electron chi connectivity index (χ2n) is 8.90. The topological polar surface area (TPSA) is 105 Å². The number of rotatable bonds is 5. The Morgan fingerprint density at radius 2 is 1.91 bits per heavy atom. The van der Waals surface area contributed by atoms with Crippen LogP contribution in [0.5, 0.6) is 5.75 Å². The number of carbonyl (C=O) groups excluding carboxylic acids is 2. The van der Waals surface area contributed by atoms with Gasteiger partial charge in [0.25, 0.3) is 5.91 Å². The highest BCUT2D eigenvalue weighted by atomic mass is 32.2. The van der Waals surface area contributed by atoms with Gasteiger partial charge in [0, 0.05) is 18.3 Å². The minimum atomic E-state index is -3.96. The van der Waals surface area contributed by atoms with Crippen LogP contribution in [-0.2, 0) is 19.6 Å². The van der Waals surface area contributed by atoms with Crippen LogP contribution in [0.3, 0.4) is 0 Å². The lowest BCUT2D eigenvalue weighted by molar-refractivity contribution is -0.122. The number of ether oxygens (including phenoxy) is 1. The van der Waals surface area contributed by atoms with Crippen molar-refractivity contribution < 1.29 is 22.7 Å². The molecule has 33 heavy (non-hydrogen) atoms. The van der Waals surface area contributed by atoms with E-state index in [4.69, 9.17) is 4.74 Å². The highest BCUT2D eigenvalue weighted by Crippen LogP contribution is 2.37. The molecule has 0 unspecified atom stereocenters. The zero-order valence-corrected chi connectivity index (χ0v) is 20.0. The summed E-state index contributed by atoms with van der Waals surface area (Å²) < 4.78 is 34.0. The highest BCUT2D eigenvalue weighted by Gasteiger charge is 2.40. The largest absolute Gasteiger partial charge is 0.479 e. The summed E-state index contributed by atoms with van der Waals surface area (Å²) in [4.78, 5) is 25.0. The molecule has 0 bridgehead atoms. The molecule has 9 heteroatoms. The zero-order chi connectivity index (χ0) is 23.9. The van der Waals surface area contributed by atoms with Crippen LogP contribution in [0, 0.1) is 6.92 Å². The smallest absolute Gasteiger partial charge is 0.265 e. The molecule has 2 atom stereocenters. The van der Waals surface area contributed by atoms with E-state index >= 15 is 0 Å². The predicted molar refractivity (Wildman–Crippen MR) is 126 cm³/mol. The van der Waals surface area contributed by atoms with E-state index in [9.17, 15) is 18.0 Å². The van der Waals surface area contributed by atoms with E-state index in [0.29, 0.717) is 41.4 Å². The lowest BCUT2D eigenvalue weighted by atomic mass is 10.0. The van der Waals surface area contributed by atoms with Gasteiger partial charge in [0.2, 0.25) is 15.9 Å². The third-order valence-electron chi connectivity index (χ3n) is 6.15. The van der Waals surface area contributed by atoms with E-state index in [1.54, 1.807) is 19.9 Å². The summed E-state index contributed by atoms with van der Waals surface area (Å²) in [6.45, 7) is 7.71. The SMILES string of the molecule is Cc1cc2c(cc1S(=O)(=O)N1CCC[C@@H]1C(=O)Nc1ccc(C(C)C)cc1)O[C@@H](C)C(=O)N2. The number of nitrogens with zero attached hydrogens (tertiary/aromatic N) is 1. The normalized spacial score (nSPS) is 20.8. The maximum absolute atomic E-state index is 13.6. The summed E-state index contributed by atoms with van der Waals surface area (Å²) in [7, 11) is -3.96. The molecule has 0 aliphatic carbocycles. The predicted octanol–water partition coefficient (Wildman–Crippen LogP) is 3.63. The van der Waals surface area contributed by atoms with Crippen molar-refractivity contribution in [2.24, 2.45) is 0 Å². The van der Waals surface area contributed by atoms with Crippen LogP contribution >= 0.6 is 0 Å². The third kappa shape index (κ3) is 4.47. The number of benzene rings is 2. The zero-order valence-electron chi connectivity index (χ0n) is 19.2. The molecule has 176 valence electrons. The monoisotopic (exact) mass is 471 g/mol. The Bertz CT molecular complexity index is 1190. The number of hydrogen-bond acceptors (Lipinski definition) is 5. The molecule has 0 spiro atoms. The molecule has 8 nitrogen and oxygen atoms in total. The van der Waals surface area contributed by atoms with Gasteiger partial charge in [-0.3, -0.25) is 9.59 Å². The molecule has 1 fully saturated rings.